The number of sulfone groups is 1. The maximum absolute atomic E-state index is 14.3. The number of halogens is 1. The molecule has 12 heteroatoms. The number of ether oxygens (including phenoxy) is 1. The van der Waals surface area contributed by atoms with E-state index >= 15 is 0 Å². The molecule has 38 heavy (non-hydrogen) atoms. The number of hydrogen-bond donors (Lipinski definition) is 2. The number of morpholine rings is 1. The highest BCUT2D eigenvalue weighted by molar-refractivity contribution is 7.90. The number of carbonyl (C=O) groups is 1. The van der Waals surface area contributed by atoms with Gasteiger partial charge in [0.25, 0.3) is 0 Å². The number of aromatic nitrogens is 3. The molecule has 0 spiro atoms. The quantitative estimate of drug-likeness (QED) is 0.458. The summed E-state index contributed by atoms with van der Waals surface area (Å²) in [7, 11) is -3.69. The van der Waals surface area contributed by atoms with Crippen LogP contribution in [0.3, 0.4) is 0 Å². The highest BCUT2D eigenvalue weighted by Crippen LogP contribution is 2.32. The first-order chi connectivity index (χ1) is 18.2. The number of hydrogen-bond acceptors (Lipinski definition) is 8. The standard InChI is InChI=1S/C26H27FN6O4S/c1-38(35,36)22-11-4-16(27)12-21(22)24-30-23(31-25(32-24)33-13-19-9-10-20(14-33)37-19)15-2-5-17(6-3-15)28-26(34)29-18-7-8-18/h2-6,11-12,18-20H,7-10,13-14H2,1H3,(H2,28,29,34). The summed E-state index contributed by atoms with van der Waals surface area (Å²) in [6.07, 6.45) is 5.11. The van der Waals surface area contributed by atoms with E-state index in [2.05, 4.69) is 20.6 Å². The van der Waals surface area contributed by atoms with Crippen molar-refractivity contribution in [1.29, 1.82) is 0 Å². The largest absolute Gasteiger partial charge is 0.371 e. The Hall–Kier alpha value is -3.64. The van der Waals surface area contributed by atoms with Crippen LogP contribution in [-0.4, -0.2) is 67.0 Å². The zero-order chi connectivity index (χ0) is 26.4. The molecular weight excluding hydrogens is 511 g/mol. The van der Waals surface area contributed by atoms with Crippen molar-refractivity contribution >= 4 is 27.5 Å². The minimum Gasteiger partial charge on any atom is -0.371 e. The van der Waals surface area contributed by atoms with Gasteiger partial charge in [0.2, 0.25) is 5.95 Å². The summed E-state index contributed by atoms with van der Waals surface area (Å²) in [4.78, 5) is 27.9. The Balaban J connectivity index is 1.39. The molecule has 3 fully saturated rings. The molecule has 3 aromatic rings. The fraction of sp³-hybridized carbons (Fsp3) is 0.385. The van der Waals surface area contributed by atoms with Gasteiger partial charge >= 0.3 is 6.03 Å². The minimum absolute atomic E-state index is 0.0646. The molecule has 1 aliphatic carbocycles. The first-order valence-electron chi connectivity index (χ1n) is 12.6. The second kappa shape index (κ2) is 9.59. The Morgan fingerprint density at radius 2 is 1.66 bits per heavy atom. The van der Waals surface area contributed by atoms with E-state index in [1.54, 1.807) is 24.3 Å². The molecule has 2 saturated heterocycles. The van der Waals surface area contributed by atoms with Crippen molar-refractivity contribution in [2.24, 2.45) is 0 Å². The number of carbonyl (C=O) groups excluding carboxylic acids is 1. The Morgan fingerprint density at radius 3 is 2.32 bits per heavy atom. The van der Waals surface area contributed by atoms with Crippen LogP contribution in [0.15, 0.2) is 47.4 Å². The molecule has 0 radical (unpaired) electrons. The van der Waals surface area contributed by atoms with Crippen LogP contribution < -0.4 is 15.5 Å². The van der Waals surface area contributed by atoms with Gasteiger partial charge in [-0.1, -0.05) is 0 Å². The average molecular weight is 539 g/mol. The van der Waals surface area contributed by atoms with Gasteiger partial charge in [-0.2, -0.15) is 9.97 Å². The summed E-state index contributed by atoms with van der Waals surface area (Å²) in [5, 5.41) is 5.68. The van der Waals surface area contributed by atoms with Crippen molar-refractivity contribution < 1.29 is 22.3 Å². The third-order valence-electron chi connectivity index (χ3n) is 6.85. The van der Waals surface area contributed by atoms with E-state index in [0.29, 0.717) is 36.1 Å². The Kier molecular flexibility index (Phi) is 6.23. The van der Waals surface area contributed by atoms with Gasteiger partial charge in [-0.15, -0.1) is 0 Å². The van der Waals surface area contributed by atoms with Gasteiger partial charge in [-0.25, -0.2) is 22.6 Å². The molecule has 2 atom stereocenters. The lowest BCUT2D eigenvalue weighted by Gasteiger charge is -2.32. The SMILES string of the molecule is CS(=O)(=O)c1ccc(F)cc1-c1nc(-c2ccc(NC(=O)NC3CC3)cc2)nc(N2CC3CCC(C2)O3)n1. The molecule has 1 saturated carbocycles. The number of amides is 2. The molecular formula is C26H27FN6O4S. The van der Waals surface area contributed by atoms with Crippen LogP contribution in [0.25, 0.3) is 22.8 Å². The number of fused-ring (bicyclic) bond motifs is 2. The maximum atomic E-state index is 14.3. The van der Waals surface area contributed by atoms with Crippen LogP contribution in [0.1, 0.15) is 25.7 Å². The molecule has 10 nitrogen and oxygen atoms in total. The van der Waals surface area contributed by atoms with Gasteiger partial charge in [0, 0.05) is 42.2 Å². The van der Waals surface area contributed by atoms with Crippen LogP contribution in [-0.2, 0) is 14.6 Å². The van der Waals surface area contributed by atoms with Crippen molar-refractivity contribution in [3.05, 3.63) is 48.3 Å². The molecule has 3 heterocycles. The van der Waals surface area contributed by atoms with Crippen molar-refractivity contribution in [3.63, 3.8) is 0 Å². The molecule has 6 rings (SSSR count). The fourth-order valence-corrected chi connectivity index (χ4v) is 5.68. The molecule has 2 aromatic carbocycles. The first kappa shape index (κ1) is 24.7. The zero-order valence-corrected chi connectivity index (χ0v) is 21.5. The van der Waals surface area contributed by atoms with Gasteiger partial charge in [0.05, 0.1) is 17.1 Å². The molecule has 2 N–H and O–H groups in total. The Labute approximate surface area is 219 Å². The average Bonchev–Trinajstić information content (AvgIpc) is 3.64. The third kappa shape index (κ3) is 5.32. The van der Waals surface area contributed by atoms with Crippen molar-refractivity contribution in [2.45, 2.75) is 48.8 Å². The molecule has 2 amide bonds. The predicted molar refractivity (Wildman–Crippen MR) is 139 cm³/mol. The zero-order valence-electron chi connectivity index (χ0n) is 20.7. The molecule has 198 valence electrons. The van der Waals surface area contributed by atoms with Crippen molar-refractivity contribution in [1.82, 2.24) is 20.3 Å². The van der Waals surface area contributed by atoms with Gasteiger partial charge in [0.15, 0.2) is 21.5 Å². The van der Waals surface area contributed by atoms with E-state index in [4.69, 9.17) is 9.72 Å². The van der Waals surface area contributed by atoms with Crippen LogP contribution in [0, 0.1) is 5.82 Å². The normalized spacial score (nSPS) is 20.8. The predicted octanol–water partition coefficient (Wildman–Crippen LogP) is 3.40. The molecule has 1 aromatic heterocycles. The van der Waals surface area contributed by atoms with Gasteiger partial charge in [-0.05, 0) is 68.1 Å². The summed E-state index contributed by atoms with van der Waals surface area (Å²) in [5.74, 6) is 0.150. The van der Waals surface area contributed by atoms with E-state index < -0.39 is 15.7 Å². The Bertz CT molecular complexity index is 1480. The monoisotopic (exact) mass is 538 g/mol. The highest BCUT2D eigenvalue weighted by Gasteiger charge is 2.35. The van der Waals surface area contributed by atoms with Crippen molar-refractivity contribution in [3.8, 4) is 22.8 Å². The van der Waals surface area contributed by atoms with E-state index in [1.165, 1.54) is 6.07 Å². The fourth-order valence-electron chi connectivity index (χ4n) is 4.82. The number of nitrogens with one attached hydrogen (secondary N) is 2. The lowest BCUT2D eigenvalue weighted by Crippen LogP contribution is -2.43. The number of rotatable bonds is 6. The van der Waals surface area contributed by atoms with Gasteiger partial charge in [-0.3, -0.25) is 0 Å². The van der Waals surface area contributed by atoms with Crippen LogP contribution in [0.5, 0.6) is 0 Å². The van der Waals surface area contributed by atoms with E-state index in [-0.39, 0.29) is 40.6 Å². The number of nitrogens with zero attached hydrogens (tertiary/aromatic N) is 4. The summed E-state index contributed by atoms with van der Waals surface area (Å²) in [6.45, 7) is 1.20. The Morgan fingerprint density at radius 1 is 0.974 bits per heavy atom. The number of benzene rings is 2. The molecule has 2 bridgehead atoms. The second-order valence-electron chi connectivity index (χ2n) is 10.0. The molecule has 2 aliphatic heterocycles. The summed E-state index contributed by atoms with van der Waals surface area (Å²) in [6, 6.07) is 10.5. The lowest BCUT2D eigenvalue weighted by molar-refractivity contribution is 0.0299. The number of anilines is 2. The van der Waals surface area contributed by atoms with E-state index in [1.807, 2.05) is 4.90 Å². The second-order valence-corrected chi connectivity index (χ2v) is 12.0. The van der Waals surface area contributed by atoms with Gasteiger partial charge in [0.1, 0.15) is 5.82 Å². The number of urea groups is 1. The summed E-state index contributed by atoms with van der Waals surface area (Å²) >= 11 is 0. The van der Waals surface area contributed by atoms with Crippen LogP contribution >= 0.6 is 0 Å². The van der Waals surface area contributed by atoms with E-state index in [9.17, 15) is 17.6 Å². The van der Waals surface area contributed by atoms with Crippen LogP contribution in [0.4, 0.5) is 20.8 Å². The molecule has 3 aliphatic rings. The minimum atomic E-state index is -3.69. The summed E-state index contributed by atoms with van der Waals surface area (Å²) < 4.78 is 45.3. The van der Waals surface area contributed by atoms with Crippen molar-refractivity contribution in [2.75, 3.05) is 29.6 Å². The topological polar surface area (TPSA) is 126 Å². The first-order valence-corrected chi connectivity index (χ1v) is 14.4. The summed E-state index contributed by atoms with van der Waals surface area (Å²) in [5.41, 5.74) is 1.32. The third-order valence-corrected chi connectivity index (χ3v) is 8.00. The van der Waals surface area contributed by atoms with Crippen LogP contribution in [0.2, 0.25) is 0 Å². The van der Waals surface area contributed by atoms with Gasteiger partial charge < -0.3 is 20.3 Å². The lowest BCUT2D eigenvalue weighted by atomic mass is 10.1. The molecule has 2 unspecified atom stereocenters. The highest BCUT2D eigenvalue weighted by atomic mass is 32.2. The maximum Gasteiger partial charge on any atom is 0.319 e. The van der Waals surface area contributed by atoms with E-state index in [0.717, 1.165) is 44.1 Å². The smallest absolute Gasteiger partial charge is 0.319 e.